The Hall–Kier alpha value is -1.30. The van der Waals surface area contributed by atoms with Crippen LogP contribution in [0.5, 0.6) is 0 Å². The lowest BCUT2D eigenvalue weighted by atomic mass is 10.2. The minimum Gasteiger partial charge on any atom is -0.383 e. The van der Waals surface area contributed by atoms with Crippen molar-refractivity contribution in [2.75, 3.05) is 25.6 Å². The summed E-state index contributed by atoms with van der Waals surface area (Å²) in [6, 6.07) is 2.50. The highest BCUT2D eigenvalue weighted by Crippen LogP contribution is 2.27. The monoisotopic (exact) mass is 290 g/mol. The Kier molecular flexibility index (Phi) is 5.91. The van der Waals surface area contributed by atoms with E-state index in [-0.39, 0.29) is 15.6 Å². The molecule has 5 nitrogen and oxygen atoms in total. The van der Waals surface area contributed by atoms with Crippen molar-refractivity contribution in [1.82, 2.24) is 5.32 Å². The molecule has 7 heteroatoms. The van der Waals surface area contributed by atoms with E-state index >= 15 is 0 Å². The zero-order valence-electron chi connectivity index (χ0n) is 9.63. The zero-order chi connectivity index (χ0) is 13.5. The first-order chi connectivity index (χ1) is 8.58. The molecule has 98 valence electrons. The van der Waals surface area contributed by atoms with Gasteiger partial charge in [0.05, 0.1) is 22.2 Å². The highest BCUT2D eigenvalue weighted by atomic mass is 35.5. The molecule has 0 saturated carbocycles. The van der Waals surface area contributed by atoms with Gasteiger partial charge in [-0.15, -0.1) is 0 Å². The van der Waals surface area contributed by atoms with Crippen LogP contribution in [-0.4, -0.2) is 32.6 Å². The van der Waals surface area contributed by atoms with Crippen molar-refractivity contribution in [1.29, 1.82) is 0 Å². The Labute approximate surface area is 114 Å². The molecule has 0 radical (unpaired) electrons. The van der Waals surface area contributed by atoms with Crippen molar-refractivity contribution >= 4 is 41.2 Å². The Bertz CT molecular complexity index is 429. The van der Waals surface area contributed by atoms with E-state index in [1.807, 2.05) is 0 Å². The van der Waals surface area contributed by atoms with Crippen molar-refractivity contribution < 1.29 is 14.3 Å². The predicted molar refractivity (Wildman–Crippen MR) is 70.7 cm³/mol. The number of ether oxygens (including phenoxy) is 1. The smallest absolute Gasteiger partial charge is 0.319 e. The summed E-state index contributed by atoms with van der Waals surface area (Å²) in [6.07, 6.45) is 0.563. The molecule has 0 saturated heterocycles. The first-order valence-corrected chi connectivity index (χ1v) is 5.82. The first kappa shape index (κ1) is 14.8. The fraction of sp³-hybridized carbons (Fsp3) is 0.273. The van der Waals surface area contributed by atoms with E-state index in [1.54, 1.807) is 0 Å². The molecule has 2 N–H and O–H groups in total. The van der Waals surface area contributed by atoms with Crippen LogP contribution in [0.1, 0.15) is 10.4 Å². The third-order valence-electron chi connectivity index (χ3n) is 2.05. The van der Waals surface area contributed by atoms with E-state index in [0.29, 0.717) is 25.1 Å². The number of nitrogens with one attached hydrogen (secondary N) is 2. The second-order valence-electron chi connectivity index (χ2n) is 3.35. The molecule has 0 atom stereocenters. The van der Waals surface area contributed by atoms with Crippen LogP contribution in [0.4, 0.5) is 10.5 Å². The number of anilines is 1. The van der Waals surface area contributed by atoms with Crippen LogP contribution in [0.2, 0.25) is 10.0 Å². The zero-order valence-corrected chi connectivity index (χ0v) is 11.1. The van der Waals surface area contributed by atoms with Gasteiger partial charge in [0, 0.05) is 19.3 Å². The number of carbonyl (C=O) groups excluding carboxylic acids is 2. The first-order valence-electron chi connectivity index (χ1n) is 5.06. The highest BCUT2D eigenvalue weighted by molar-refractivity contribution is 6.39. The van der Waals surface area contributed by atoms with E-state index in [9.17, 15) is 9.59 Å². The average Bonchev–Trinajstić information content (AvgIpc) is 2.29. The fourth-order valence-corrected chi connectivity index (χ4v) is 1.79. The Morgan fingerprint density at radius 1 is 1.39 bits per heavy atom. The van der Waals surface area contributed by atoms with Gasteiger partial charge in [0.25, 0.3) is 0 Å². The number of amides is 2. The molecule has 0 heterocycles. The SMILES string of the molecule is COCCNC(=O)Nc1cc(Cl)c(C=O)c(Cl)c1. The van der Waals surface area contributed by atoms with Gasteiger partial charge in [-0.25, -0.2) is 4.79 Å². The summed E-state index contributed by atoms with van der Waals surface area (Å²) in [5.41, 5.74) is 0.606. The number of rotatable bonds is 5. The van der Waals surface area contributed by atoms with Crippen LogP contribution in [0.25, 0.3) is 0 Å². The maximum absolute atomic E-state index is 11.4. The van der Waals surface area contributed by atoms with Crippen molar-refractivity contribution in [2.45, 2.75) is 0 Å². The molecule has 0 spiro atoms. The third kappa shape index (κ3) is 4.18. The average molecular weight is 291 g/mol. The minimum absolute atomic E-state index is 0.185. The maximum Gasteiger partial charge on any atom is 0.319 e. The lowest BCUT2D eigenvalue weighted by Gasteiger charge is -2.09. The summed E-state index contributed by atoms with van der Waals surface area (Å²) in [5.74, 6) is 0. The third-order valence-corrected chi connectivity index (χ3v) is 2.67. The minimum atomic E-state index is -0.405. The maximum atomic E-state index is 11.4. The van der Waals surface area contributed by atoms with Crippen LogP contribution < -0.4 is 10.6 Å². The van der Waals surface area contributed by atoms with Gasteiger partial charge in [-0.3, -0.25) is 4.79 Å². The molecule has 0 fully saturated rings. The molecule has 0 bridgehead atoms. The molecule has 0 aliphatic rings. The van der Waals surface area contributed by atoms with Gasteiger partial charge in [-0.2, -0.15) is 0 Å². The number of benzene rings is 1. The summed E-state index contributed by atoms with van der Waals surface area (Å²) in [7, 11) is 1.54. The number of hydrogen-bond donors (Lipinski definition) is 2. The predicted octanol–water partition coefficient (Wildman–Crippen LogP) is 2.57. The molecular formula is C11H12Cl2N2O3. The Morgan fingerprint density at radius 3 is 2.50 bits per heavy atom. The molecule has 0 aliphatic heterocycles. The summed E-state index contributed by atoms with van der Waals surface area (Å²) in [5, 5.41) is 5.48. The van der Waals surface area contributed by atoms with E-state index < -0.39 is 6.03 Å². The number of urea groups is 1. The number of halogens is 2. The molecule has 18 heavy (non-hydrogen) atoms. The summed E-state index contributed by atoms with van der Waals surface area (Å²) >= 11 is 11.7. The van der Waals surface area contributed by atoms with E-state index in [4.69, 9.17) is 27.9 Å². The number of methoxy groups -OCH3 is 1. The van der Waals surface area contributed by atoms with Crippen LogP contribution in [0.15, 0.2) is 12.1 Å². The van der Waals surface area contributed by atoms with Crippen molar-refractivity contribution in [2.24, 2.45) is 0 Å². The largest absolute Gasteiger partial charge is 0.383 e. The van der Waals surface area contributed by atoms with Gasteiger partial charge in [0.15, 0.2) is 6.29 Å². The highest BCUT2D eigenvalue weighted by Gasteiger charge is 2.09. The van der Waals surface area contributed by atoms with Gasteiger partial charge in [-0.1, -0.05) is 23.2 Å². The van der Waals surface area contributed by atoms with E-state index in [0.717, 1.165) is 0 Å². The standard InChI is InChI=1S/C11H12Cl2N2O3/c1-18-3-2-14-11(17)15-7-4-9(12)8(6-16)10(13)5-7/h4-6H,2-3H2,1H3,(H2,14,15,17). The van der Waals surface area contributed by atoms with Gasteiger partial charge in [-0.05, 0) is 12.1 Å². The molecule has 1 aromatic carbocycles. The summed E-state index contributed by atoms with van der Waals surface area (Å²) in [4.78, 5) is 22.1. The number of aldehydes is 1. The lowest BCUT2D eigenvalue weighted by molar-refractivity contribution is 0.112. The molecule has 0 unspecified atom stereocenters. The fourth-order valence-electron chi connectivity index (χ4n) is 1.21. The van der Waals surface area contributed by atoms with E-state index in [1.165, 1.54) is 19.2 Å². The van der Waals surface area contributed by atoms with Crippen LogP contribution in [0.3, 0.4) is 0 Å². The summed E-state index contributed by atoms with van der Waals surface area (Å²) < 4.78 is 4.79. The number of hydrogen-bond acceptors (Lipinski definition) is 3. The quantitative estimate of drug-likeness (QED) is 0.647. The lowest BCUT2D eigenvalue weighted by Crippen LogP contribution is -2.31. The molecule has 0 aromatic heterocycles. The Balaban J connectivity index is 2.68. The summed E-state index contributed by atoms with van der Waals surface area (Å²) in [6.45, 7) is 0.801. The second-order valence-corrected chi connectivity index (χ2v) is 4.16. The van der Waals surface area contributed by atoms with Crippen LogP contribution in [-0.2, 0) is 4.74 Å². The van der Waals surface area contributed by atoms with Gasteiger partial charge in [0.1, 0.15) is 0 Å². The topological polar surface area (TPSA) is 67.4 Å². The van der Waals surface area contributed by atoms with Crippen LogP contribution in [0, 0.1) is 0 Å². The normalized spacial score (nSPS) is 9.94. The van der Waals surface area contributed by atoms with Crippen molar-refractivity contribution in [3.63, 3.8) is 0 Å². The Morgan fingerprint density at radius 2 is 2.00 bits per heavy atom. The molecule has 1 aromatic rings. The van der Waals surface area contributed by atoms with Gasteiger partial charge < -0.3 is 15.4 Å². The van der Waals surface area contributed by atoms with Crippen molar-refractivity contribution in [3.05, 3.63) is 27.7 Å². The van der Waals surface area contributed by atoms with Gasteiger partial charge >= 0.3 is 6.03 Å². The van der Waals surface area contributed by atoms with Crippen LogP contribution >= 0.6 is 23.2 Å². The number of carbonyl (C=O) groups is 2. The molecular weight excluding hydrogens is 279 g/mol. The molecule has 2 amide bonds. The van der Waals surface area contributed by atoms with Crippen molar-refractivity contribution in [3.8, 4) is 0 Å². The molecule has 0 aliphatic carbocycles. The van der Waals surface area contributed by atoms with E-state index in [2.05, 4.69) is 10.6 Å². The van der Waals surface area contributed by atoms with Gasteiger partial charge in [0.2, 0.25) is 0 Å². The molecule has 1 rings (SSSR count). The second kappa shape index (κ2) is 7.20.